The minimum absolute atomic E-state index is 0.468. The SMILES string of the molecule is C=CC1CCCCC(=C)N1. The number of hydrogen-bond donors (Lipinski definition) is 1. The maximum Gasteiger partial charge on any atom is 0.0438 e. The molecule has 56 valence electrons. The normalized spacial score (nSPS) is 26.8. The van der Waals surface area contributed by atoms with Crippen molar-refractivity contribution in [1.29, 1.82) is 0 Å². The van der Waals surface area contributed by atoms with Crippen LogP contribution in [0.5, 0.6) is 0 Å². The zero-order valence-electron chi connectivity index (χ0n) is 6.40. The van der Waals surface area contributed by atoms with Gasteiger partial charge in [0.15, 0.2) is 0 Å². The van der Waals surface area contributed by atoms with E-state index in [1.807, 2.05) is 6.08 Å². The largest absolute Gasteiger partial charge is 0.383 e. The van der Waals surface area contributed by atoms with Crippen LogP contribution in [0.15, 0.2) is 24.9 Å². The summed E-state index contributed by atoms with van der Waals surface area (Å²) in [7, 11) is 0. The minimum atomic E-state index is 0.468. The van der Waals surface area contributed by atoms with E-state index >= 15 is 0 Å². The molecule has 0 aromatic heterocycles. The van der Waals surface area contributed by atoms with E-state index in [1.54, 1.807) is 0 Å². The third-order valence-electron chi connectivity index (χ3n) is 1.92. The average molecular weight is 137 g/mol. The van der Waals surface area contributed by atoms with Gasteiger partial charge in [0.1, 0.15) is 0 Å². The fourth-order valence-corrected chi connectivity index (χ4v) is 1.29. The van der Waals surface area contributed by atoms with E-state index in [1.165, 1.54) is 25.0 Å². The van der Waals surface area contributed by atoms with Crippen molar-refractivity contribution in [1.82, 2.24) is 5.32 Å². The molecular weight excluding hydrogens is 122 g/mol. The van der Waals surface area contributed by atoms with Gasteiger partial charge in [-0.3, -0.25) is 0 Å². The van der Waals surface area contributed by atoms with E-state index in [4.69, 9.17) is 0 Å². The molecule has 1 heteroatoms. The zero-order valence-corrected chi connectivity index (χ0v) is 6.40. The summed E-state index contributed by atoms with van der Waals surface area (Å²) < 4.78 is 0. The lowest BCUT2D eigenvalue weighted by Gasteiger charge is -2.12. The van der Waals surface area contributed by atoms with Crippen molar-refractivity contribution in [3.8, 4) is 0 Å². The molecule has 1 N–H and O–H groups in total. The summed E-state index contributed by atoms with van der Waals surface area (Å²) >= 11 is 0. The summed E-state index contributed by atoms with van der Waals surface area (Å²) in [6.07, 6.45) is 6.88. The van der Waals surface area contributed by atoms with Crippen molar-refractivity contribution in [2.45, 2.75) is 31.7 Å². The van der Waals surface area contributed by atoms with E-state index < -0.39 is 0 Å². The van der Waals surface area contributed by atoms with Gasteiger partial charge in [-0.15, -0.1) is 6.58 Å². The van der Waals surface area contributed by atoms with Crippen LogP contribution in [0.2, 0.25) is 0 Å². The molecule has 1 fully saturated rings. The molecule has 1 rings (SSSR count). The van der Waals surface area contributed by atoms with Gasteiger partial charge in [0.2, 0.25) is 0 Å². The Bertz CT molecular complexity index is 138. The van der Waals surface area contributed by atoms with Crippen molar-refractivity contribution in [2.24, 2.45) is 0 Å². The van der Waals surface area contributed by atoms with Crippen LogP contribution in [0.1, 0.15) is 25.7 Å². The molecule has 0 aromatic rings. The van der Waals surface area contributed by atoms with Crippen LogP contribution in [0, 0.1) is 0 Å². The Kier molecular flexibility index (Phi) is 2.55. The first-order chi connectivity index (χ1) is 4.83. The monoisotopic (exact) mass is 137 g/mol. The van der Waals surface area contributed by atoms with Gasteiger partial charge in [0.25, 0.3) is 0 Å². The smallest absolute Gasteiger partial charge is 0.0438 e. The Labute approximate surface area is 62.8 Å². The van der Waals surface area contributed by atoms with E-state index in [9.17, 15) is 0 Å². The molecule has 10 heavy (non-hydrogen) atoms. The molecule has 0 saturated carbocycles. The summed E-state index contributed by atoms with van der Waals surface area (Å²) in [6.45, 7) is 7.67. The van der Waals surface area contributed by atoms with Gasteiger partial charge >= 0.3 is 0 Å². The number of allylic oxidation sites excluding steroid dienone is 1. The average Bonchev–Trinajstić information content (AvgIpc) is 2.13. The third kappa shape index (κ3) is 1.90. The van der Waals surface area contributed by atoms with Gasteiger partial charge in [-0.2, -0.15) is 0 Å². The minimum Gasteiger partial charge on any atom is -0.383 e. The highest BCUT2D eigenvalue weighted by atomic mass is 14.9. The van der Waals surface area contributed by atoms with Gasteiger partial charge in [0, 0.05) is 11.7 Å². The molecule has 1 unspecified atom stereocenters. The lowest BCUT2D eigenvalue weighted by Crippen LogP contribution is -2.23. The maximum absolute atomic E-state index is 3.91. The van der Waals surface area contributed by atoms with Gasteiger partial charge in [-0.05, 0) is 19.3 Å². The highest BCUT2D eigenvalue weighted by Crippen LogP contribution is 2.13. The third-order valence-corrected chi connectivity index (χ3v) is 1.92. The van der Waals surface area contributed by atoms with Gasteiger partial charge in [0.05, 0.1) is 0 Å². The lowest BCUT2D eigenvalue weighted by molar-refractivity contribution is 0.628. The van der Waals surface area contributed by atoms with Crippen molar-refractivity contribution >= 4 is 0 Å². The van der Waals surface area contributed by atoms with E-state index in [-0.39, 0.29) is 0 Å². The Hall–Kier alpha value is -0.720. The molecule has 1 saturated heterocycles. The summed E-state index contributed by atoms with van der Waals surface area (Å²) in [5, 5.41) is 3.32. The summed E-state index contributed by atoms with van der Waals surface area (Å²) in [6, 6.07) is 0.468. The second-order valence-electron chi connectivity index (χ2n) is 2.84. The van der Waals surface area contributed by atoms with E-state index in [2.05, 4.69) is 18.5 Å². The maximum atomic E-state index is 3.91. The van der Waals surface area contributed by atoms with Crippen LogP contribution < -0.4 is 5.32 Å². The zero-order chi connectivity index (χ0) is 7.40. The predicted octanol–water partition coefficient (Wildman–Crippen LogP) is 2.22. The molecule has 1 atom stereocenters. The first kappa shape index (κ1) is 7.39. The quantitative estimate of drug-likeness (QED) is 0.546. The number of hydrogen-bond acceptors (Lipinski definition) is 1. The number of nitrogens with one attached hydrogen (secondary N) is 1. The van der Waals surface area contributed by atoms with Crippen LogP contribution >= 0.6 is 0 Å². The molecule has 0 aromatic carbocycles. The van der Waals surface area contributed by atoms with Gasteiger partial charge in [-0.25, -0.2) is 0 Å². The van der Waals surface area contributed by atoms with Crippen LogP contribution in [-0.4, -0.2) is 6.04 Å². The molecule has 0 amide bonds. The highest BCUT2D eigenvalue weighted by Gasteiger charge is 2.08. The van der Waals surface area contributed by atoms with E-state index in [0.717, 1.165) is 6.42 Å². The van der Waals surface area contributed by atoms with Crippen molar-refractivity contribution in [3.05, 3.63) is 24.9 Å². The predicted molar refractivity (Wildman–Crippen MR) is 44.7 cm³/mol. The fourth-order valence-electron chi connectivity index (χ4n) is 1.29. The van der Waals surface area contributed by atoms with Crippen molar-refractivity contribution < 1.29 is 0 Å². The summed E-state index contributed by atoms with van der Waals surface area (Å²) in [4.78, 5) is 0. The summed E-state index contributed by atoms with van der Waals surface area (Å²) in [5.74, 6) is 0. The standard InChI is InChI=1S/C9H15N/c1-3-9-7-5-4-6-8(2)10-9/h3,9-10H,1-2,4-7H2. The lowest BCUT2D eigenvalue weighted by atomic mass is 10.1. The molecular formula is C9H15N. The Morgan fingerprint density at radius 2 is 2.30 bits per heavy atom. The Balaban J connectivity index is 2.45. The first-order valence-electron chi connectivity index (χ1n) is 3.90. The van der Waals surface area contributed by atoms with Crippen LogP contribution in [0.4, 0.5) is 0 Å². The highest BCUT2D eigenvalue weighted by molar-refractivity contribution is 5.00. The van der Waals surface area contributed by atoms with Crippen molar-refractivity contribution in [2.75, 3.05) is 0 Å². The number of rotatable bonds is 1. The topological polar surface area (TPSA) is 12.0 Å². The van der Waals surface area contributed by atoms with E-state index in [0.29, 0.717) is 6.04 Å². The second kappa shape index (κ2) is 3.45. The van der Waals surface area contributed by atoms with Gasteiger partial charge < -0.3 is 5.32 Å². The van der Waals surface area contributed by atoms with Crippen LogP contribution in [0.3, 0.4) is 0 Å². The fraction of sp³-hybridized carbons (Fsp3) is 0.556. The molecule has 1 nitrogen and oxygen atoms in total. The van der Waals surface area contributed by atoms with Crippen LogP contribution in [-0.2, 0) is 0 Å². The molecule has 0 aliphatic carbocycles. The van der Waals surface area contributed by atoms with Crippen molar-refractivity contribution in [3.63, 3.8) is 0 Å². The molecule has 0 bridgehead atoms. The molecule has 0 spiro atoms. The first-order valence-corrected chi connectivity index (χ1v) is 3.90. The second-order valence-corrected chi connectivity index (χ2v) is 2.84. The molecule has 0 radical (unpaired) electrons. The Morgan fingerprint density at radius 1 is 1.50 bits per heavy atom. The van der Waals surface area contributed by atoms with Crippen LogP contribution in [0.25, 0.3) is 0 Å². The Morgan fingerprint density at radius 3 is 3.00 bits per heavy atom. The molecule has 1 heterocycles. The molecule has 1 aliphatic heterocycles. The summed E-state index contributed by atoms with van der Waals surface area (Å²) in [5.41, 5.74) is 1.17. The molecule has 1 aliphatic rings. The van der Waals surface area contributed by atoms with Gasteiger partial charge in [-0.1, -0.05) is 19.1 Å².